The zero-order valence-electron chi connectivity index (χ0n) is 9.21. The molecule has 2 nitrogen and oxygen atoms in total. The number of halogens is 2. The molecular formula is C12H15F2NO. The van der Waals surface area contributed by atoms with E-state index in [0.29, 0.717) is 31.6 Å². The summed E-state index contributed by atoms with van der Waals surface area (Å²) in [5.74, 6) is -0.824. The van der Waals surface area contributed by atoms with Gasteiger partial charge in [0.1, 0.15) is 11.6 Å². The van der Waals surface area contributed by atoms with Gasteiger partial charge in [-0.15, -0.1) is 0 Å². The number of benzene rings is 1. The third-order valence-electron chi connectivity index (χ3n) is 2.93. The van der Waals surface area contributed by atoms with E-state index >= 15 is 0 Å². The molecule has 1 saturated heterocycles. The van der Waals surface area contributed by atoms with Crippen LogP contribution in [0.2, 0.25) is 0 Å². The molecule has 1 aromatic carbocycles. The molecule has 16 heavy (non-hydrogen) atoms. The third-order valence-corrected chi connectivity index (χ3v) is 2.93. The molecule has 0 spiro atoms. The highest BCUT2D eigenvalue weighted by molar-refractivity contribution is 5.18. The van der Waals surface area contributed by atoms with Crippen LogP contribution in [0.15, 0.2) is 18.2 Å². The van der Waals surface area contributed by atoms with Crippen LogP contribution in [0.25, 0.3) is 0 Å². The van der Waals surface area contributed by atoms with Crippen molar-refractivity contribution in [1.82, 2.24) is 4.90 Å². The maximum atomic E-state index is 13.4. The van der Waals surface area contributed by atoms with Gasteiger partial charge in [0.25, 0.3) is 0 Å². The lowest BCUT2D eigenvalue weighted by atomic mass is 10.1. The topological polar surface area (TPSA) is 23.5 Å². The number of hydrogen-bond donors (Lipinski definition) is 1. The van der Waals surface area contributed by atoms with Crippen LogP contribution in [0.3, 0.4) is 0 Å². The molecule has 1 aliphatic rings. The first kappa shape index (κ1) is 11.5. The summed E-state index contributed by atoms with van der Waals surface area (Å²) < 4.78 is 26.3. The first-order chi connectivity index (χ1) is 7.46. The summed E-state index contributed by atoms with van der Waals surface area (Å²) in [4.78, 5) is 1.93. The Morgan fingerprint density at radius 2 is 2.19 bits per heavy atom. The van der Waals surface area contributed by atoms with Crippen molar-refractivity contribution in [3.05, 3.63) is 35.4 Å². The molecular weight excluding hydrogens is 212 g/mol. The van der Waals surface area contributed by atoms with E-state index in [1.54, 1.807) is 6.92 Å². The molecule has 0 saturated carbocycles. The van der Waals surface area contributed by atoms with Crippen molar-refractivity contribution in [2.45, 2.75) is 25.5 Å². The summed E-state index contributed by atoms with van der Waals surface area (Å²) in [6.07, 6.45) is 0.671. The fraction of sp³-hybridized carbons (Fsp3) is 0.500. The van der Waals surface area contributed by atoms with Crippen LogP contribution in [0.4, 0.5) is 8.78 Å². The van der Waals surface area contributed by atoms with Gasteiger partial charge in [-0.2, -0.15) is 0 Å². The minimum Gasteiger partial charge on any atom is -0.389 e. The smallest absolute Gasteiger partial charge is 0.127 e. The second-order valence-electron chi connectivity index (χ2n) is 4.69. The Balaban J connectivity index is 2.07. The molecule has 1 atom stereocenters. The Labute approximate surface area is 93.5 Å². The normalized spacial score (nSPS) is 26.2. The molecule has 1 aliphatic heterocycles. The van der Waals surface area contributed by atoms with E-state index in [9.17, 15) is 13.9 Å². The van der Waals surface area contributed by atoms with Crippen molar-refractivity contribution in [2.75, 3.05) is 13.1 Å². The Morgan fingerprint density at radius 3 is 2.81 bits per heavy atom. The predicted octanol–water partition coefficient (Wildman–Crippen LogP) is 1.92. The molecule has 4 heteroatoms. The second-order valence-corrected chi connectivity index (χ2v) is 4.69. The molecule has 1 N–H and O–H groups in total. The van der Waals surface area contributed by atoms with Gasteiger partial charge >= 0.3 is 0 Å². The van der Waals surface area contributed by atoms with Crippen LogP contribution >= 0.6 is 0 Å². The number of likely N-dealkylation sites (tertiary alicyclic amines) is 1. The fourth-order valence-electron chi connectivity index (χ4n) is 2.08. The molecule has 0 radical (unpaired) electrons. The first-order valence-electron chi connectivity index (χ1n) is 5.35. The lowest BCUT2D eigenvalue weighted by Gasteiger charge is -2.19. The number of aliphatic hydroxyl groups is 1. The summed E-state index contributed by atoms with van der Waals surface area (Å²) in [6.45, 7) is 3.32. The van der Waals surface area contributed by atoms with Crippen molar-refractivity contribution < 1.29 is 13.9 Å². The molecule has 0 bridgehead atoms. The van der Waals surface area contributed by atoms with Crippen molar-refractivity contribution in [3.63, 3.8) is 0 Å². The van der Waals surface area contributed by atoms with Crippen LogP contribution in [-0.4, -0.2) is 28.7 Å². The molecule has 0 amide bonds. The quantitative estimate of drug-likeness (QED) is 0.834. The Kier molecular flexibility index (Phi) is 2.95. The van der Waals surface area contributed by atoms with Crippen LogP contribution in [0.5, 0.6) is 0 Å². The number of rotatable bonds is 2. The Bertz CT molecular complexity index is 393. The monoisotopic (exact) mass is 227 g/mol. The molecule has 88 valence electrons. The SMILES string of the molecule is CC1(O)CCN(Cc2cc(F)ccc2F)C1. The molecule has 0 aliphatic carbocycles. The highest BCUT2D eigenvalue weighted by atomic mass is 19.1. The van der Waals surface area contributed by atoms with Gasteiger partial charge in [-0.3, -0.25) is 4.90 Å². The number of nitrogens with zero attached hydrogens (tertiary/aromatic N) is 1. The number of hydrogen-bond acceptors (Lipinski definition) is 2. The van der Waals surface area contributed by atoms with Gasteiger partial charge in [-0.1, -0.05) is 0 Å². The molecule has 1 aromatic rings. The lowest BCUT2D eigenvalue weighted by molar-refractivity contribution is 0.0677. The van der Waals surface area contributed by atoms with Gasteiger partial charge in [0.05, 0.1) is 5.60 Å². The first-order valence-corrected chi connectivity index (χ1v) is 5.35. The maximum Gasteiger partial charge on any atom is 0.127 e. The summed E-state index contributed by atoms with van der Waals surface area (Å²) in [5, 5.41) is 9.76. The maximum absolute atomic E-state index is 13.4. The third kappa shape index (κ3) is 2.57. The largest absolute Gasteiger partial charge is 0.389 e. The highest BCUT2D eigenvalue weighted by Gasteiger charge is 2.31. The van der Waals surface area contributed by atoms with Crippen LogP contribution in [0.1, 0.15) is 18.9 Å². The summed E-state index contributed by atoms with van der Waals surface area (Å²) in [6, 6.07) is 3.46. The highest BCUT2D eigenvalue weighted by Crippen LogP contribution is 2.23. The fourth-order valence-corrected chi connectivity index (χ4v) is 2.08. The van der Waals surface area contributed by atoms with Crippen LogP contribution in [-0.2, 0) is 6.54 Å². The molecule has 0 aromatic heterocycles. The predicted molar refractivity (Wildman–Crippen MR) is 56.9 cm³/mol. The average Bonchev–Trinajstić information content (AvgIpc) is 2.52. The van der Waals surface area contributed by atoms with Gasteiger partial charge in [0.15, 0.2) is 0 Å². The molecule has 2 rings (SSSR count). The zero-order valence-corrected chi connectivity index (χ0v) is 9.21. The summed E-state index contributed by atoms with van der Waals surface area (Å²) in [5.41, 5.74) is -0.359. The minimum absolute atomic E-state index is 0.345. The van der Waals surface area contributed by atoms with E-state index in [1.807, 2.05) is 4.90 Å². The van der Waals surface area contributed by atoms with Gasteiger partial charge < -0.3 is 5.11 Å². The summed E-state index contributed by atoms with van der Waals surface area (Å²) in [7, 11) is 0. The van der Waals surface area contributed by atoms with Gasteiger partial charge in [0.2, 0.25) is 0 Å². The van der Waals surface area contributed by atoms with E-state index < -0.39 is 17.2 Å². The zero-order chi connectivity index (χ0) is 11.8. The molecule has 1 unspecified atom stereocenters. The molecule has 1 heterocycles. The average molecular weight is 227 g/mol. The van der Waals surface area contributed by atoms with E-state index in [4.69, 9.17) is 0 Å². The lowest BCUT2D eigenvalue weighted by Crippen LogP contribution is -2.29. The van der Waals surface area contributed by atoms with Crippen molar-refractivity contribution >= 4 is 0 Å². The minimum atomic E-state index is -0.705. The molecule has 1 fully saturated rings. The van der Waals surface area contributed by atoms with Crippen LogP contribution < -0.4 is 0 Å². The van der Waals surface area contributed by atoms with E-state index in [0.717, 1.165) is 12.1 Å². The summed E-state index contributed by atoms with van der Waals surface area (Å²) >= 11 is 0. The standard InChI is InChI=1S/C12H15F2NO/c1-12(16)4-5-15(8-12)7-9-6-10(13)2-3-11(9)14/h2-3,6,16H,4-5,7-8H2,1H3. The van der Waals surface area contributed by atoms with E-state index in [-0.39, 0.29) is 0 Å². The van der Waals surface area contributed by atoms with Gasteiger partial charge in [-0.05, 0) is 31.5 Å². The van der Waals surface area contributed by atoms with Crippen molar-refractivity contribution in [3.8, 4) is 0 Å². The second kappa shape index (κ2) is 4.11. The van der Waals surface area contributed by atoms with E-state index in [1.165, 1.54) is 6.07 Å². The van der Waals surface area contributed by atoms with Crippen molar-refractivity contribution in [1.29, 1.82) is 0 Å². The van der Waals surface area contributed by atoms with Crippen LogP contribution in [0, 0.1) is 11.6 Å². The van der Waals surface area contributed by atoms with E-state index in [2.05, 4.69) is 0 Å². The van der Waals surface area contributed by atoms with Gasteiger partial charge in [0, 0.05) is 25.2 Å². The van der Waals surface area contributed by atoms with Gasteiger partial charge in [-0.25, -0.2) is 8.78 Å². The Morgan fingerprint density at radius 1 is 1.44 bits per heavy atom. The Hall–Kier alpha value is -1.00. The van der Waals surface area contributed by atoms with Crippen molar-refractivity contribution in [2.24, 2.45) is 0 Å². The number of β-amino-alcohol motifs (C(OH)–C–C–N with tert-alkyl or cyclic N) is 1.